The molecule has 0 aliphatic rings. The van der Waals surface area contributed by atoms with Crippen LogP contribution >= 0.6 is 0 Å². The second kappa shape index (κ2) is 7.83. The summed E-state index contributed by atoms with van der Waals surface area (Å²) in [5, 5.41) is 8.78. The number of rotatable bonds is 5. The maximum absolute atomic E-state index is 12.1. The third kappa shape index (κ3) is 6.30. The van der Waals surface area contributed by atoms with Crippen LogP contribution in [0.2, 0.25) is 0 Å². The molecular weight excluding hydrogens is 314 g/mol. The largest absolute Gasteiger partial charge is 0.376 e. The molecule has 132 valence electrons. The van der Waals surface area contributed by atoms with E-state index in [4.69, 9.17) is 0 Å². The summed E-state index contributed by atoms with van der Waals surface area (Å²) in [7, 11) is 0. The molecule has 2 aromatic rings. The van der Waals surface area contributed by atoms with E-state index in [1.54, 1.807) is 24.3 Å². The van der Waals surface area contributed by atoms with Crippen LogP contribution < -0.4 is 16.0 Å². The maximum Gasteiger partial charge on any atom is 0.251 e. The van der Waals surface area contributed by atoms with E-state index in [-0.39, 0.29) is 23.9 Å². The highest BCUT2D eigenvalue weighted by molar-refractivity contribution is 5.96. The minimum absolute atomic E-state index is 0.133. The van der Waals surface area contributed by atoms with E-state index < -0.39 is 0 Å². The second-order valence-electron chi connectivity index (χ2n) is 7.05. The molecule has 0 radical (unpaired) electrons. The highest BCUT2D eigenvalue weighted by atomic mass is 16.2. The molecular formula is C20H25N3O2. The van der Waals surface area contributed by atoms with Crippen LogP contribution in [0.3, 0.4) is 0 Å². The van der Waals surface area contributed by atoms with Gasteiger partial charge in [-0.3, -0.25) is 9.59 Å². The van der Waals surface area contributed by atoms with Gasteiger partial charge in [-0.05, 0) is 64.1 Å². The summed E-state index contributed by atoms with van der Waals surface area (Å²) in [6.45, 7) is 7.98. The van der Waals surface area contributed by atoms with E-state index in [0.717, 1.165) is 5.69 Å². The van der Waals surface area contributed by atoms with Crippen LogP contribution in [-0.4, -0.2) is 23.9 Å². The van der Waals surface area contributed by atoms with Crippen molar-refractivity contribution in [2.45, 2.75) is 33.2 Å². The fourth-order valence-corrected chi connectivity index (χ4v) is 2.18. The molecule has 0 saturated heterocycles. The van der Waals surface area contributed by atoms with E-state index in [2.05, 4.69) is 16.0 Å². The summed E-state index contributed by atoms with van der Waals surface area (Å²) in [4.78, 5) is 24.1. The van der Waals surface area contributed by atoms with Gasteiger partial charge in [0.1, 0.15) is 0 Å². The van der Waals surface area contributed by atoms with Crippen molar-refractivity contribution in [1.82, 2.24) is 5.32 Å². The lowest BCUT2D eigenvalue weighted by atomic mass is 10.1. The molecule has 0 heterocycles. The van der Waals surface area contributed by atoms with Crippen molar-refractivity contribution in [1.29, 1.82) is 0 Å². The molecule has 2 amide bonds. The summed E-state index contributed by atoms with van der Waals surface area (Å²) >= 11 is 0. The minimum atomic E-state index is -0.286. The quantitative estimate of drug-likeness (QED) is 0.780. The zero-order chi connectivity index (χ0) is 18.4. The third-order valence-electron chi connectivity index (χ3n) is 3.42. The van der Waals surface area contributed by atoms with Crippen molar-refractivity contribution in [2.24, 2.45) is 0 Å². The Bertz CT molecular complexity index is 729. The Labute approximate surface area is 148 Å². The van der Waals surface area contributed by atoms with E-state index in [1.165, 1.54) is 5.56 Å². The number of carbonyl (C=O) groups excluding carboxylic acids is 2. The standard InChI is InChI=1S/C20H25N3O2/c1-14-5-9-16(10-6-14)21-13-18(24)22-17-11-7-15(8-12-17)19(25)23-20(2,3)4/h5-12,21H,13H2,1-4H3,(H,22,24)(H,23,25). The highest BCUT2D eigenvalue weighted by Crippen LogP contribution is 2.12. The lowest BCUT2D eigenvalue weighted by Crippen LogP contribution is -2.40. The predicted octanol–water partition coefficient (Wildman–Crippen LogP) is 3.57. The first-order valence-corrected chi connectivity index (χ1v) is 8.26. The van der Waals surface area contributed by atoms with Crippen LogP contribution in [0, 0.1) is 6.92 Å². The van der Waals surface area contributed by atoms with Crippen molar-refractivity contribution in [3.63, 3.8) is 0 Å². The van der Waals surface area contributed by atoms with Crippen LogP contribution in [0.5, 0.6) is 0 Å². The number of anilines is 2. The summed E-state index contributed by atoms with van der Waals surface area (Å²) < 4.78 is 0. The third-order valence-corrected chi connectivity index (χ3v) is 3.42. The number of hydrogen-bond acceptors (Lipinski definition) is 3. The predicted molar refractivity (Wildman–Crippen MR) is 102 cm³/mol. The molecule has 0 fully saturated rings. The lowest BCUT2D eigenvalue weighted by molar-refractivity contribution is -0.114. The number of amides is 2. The topological polar surface area (TPSA) is 70.2 Å². The molecule has 0 unspecified atom stereocenters. The van der Waals surface area contributed by atoms with Gasteiger partial charge in [0.05, 0.1) is 6.54 Å². The van der Waals surface area contributed by atoms with Gasteiger partial charge >= 0.3 is 0 Å². The van der Waals surface area contributed by atoms with Crippen LogP contribution in [0.4, 0.5) is 11.4 Å². The van der Waals surface area contributed by atoms with Crippen molar-refractivity contribution >= 4 is 23.2 Å². The van der Waals surface area contributed by atoms with E-state index in [9.17, 15) is 9.59 Å². The Hall–Kier alpha value is -2.82. The molecule has 3 N–H and O–H groups in total. The molecule has 0 aliphatic heterocycles. The summed E-state index contributed by atoms with van der Waals surface area (Å²) in [5.74, 6) is -0.279. The van der Waals surface area contributed by atoms with Gasteiger partial charge in [0.15, 0.2) is 0 Å². The zero-order valence-corrected chi connectivity index (χ0v) is 15.1. The Morgan fingerprint density at radius 2 is 1.44 bits per heavy atom. The summed E-state index contributed by atoms with van der Waals surface area (Å²) in [5.41, 5.74) is 3.00. The Morgan fingerprint density at radius 3 is 2.00 bits per heavy atom. The number of benzene rings is 2. The Balaban J connectivity index is 1.86. The molecule has 0 aliphatic carbocycles. The average molecular weight is 339 g/mol. The number of nitrogens with one attached hydrogen (secondary N) is 3. The van der Waals surface area contributed by atoms with Crippen LogP contribution in [0.15, 0.2) is 48.5 Å². The number of carbonyl (C=O) groups is 2. The van der Waals surface area contributed by atoms with Crippen LogP contribution in [-0.2, 0) is 4.79 Å². The highest BCUT2D eigenvalue weighted by Gasteiger charge is 2.15. The van der Waals surface area contributed by atoms with Crippen molar-refractivity contribution in [2.75, 3.05) is 17.2 Å². The molecule has 0 aromatic heterocycles. The molecule has 2 rings (SSSR count). The van der Waals surface area contributed by atoms with Gasteiger partial charge in [0.2, 0.25) is 5.91 Å². The average Bonchev–Trinajstić information content (AvgIpc) is 2.53. The molecule has 0 bridgehead atoms. The summed E-state index contributed by atoms with van der Waals surface area (Å²) in [6, 6.07) is 14.7. The first-order chi connectivity index (χ1) is 11.7. The van der Waals surface area contributed by atoms with Crippen molar-refractivity contribution in [3.05, 3.63) is 59.7 Å². The molecule has 5 heteroatoms. The molecule has 25 heavy (non-hydrogen) atoms. The zero-order valence-electron chi connectivity index (χ0n) is 15.1. The van der Waals surface area contributed by atoms with Gasteiger partial charge in [-0.15, -0.1) is 0 Å². The van der Waals surface area contributed by atoms with Gasteiger partial charge in [-0.2, -0.15) is 0 Å². The smallest absolute Gasteiger partial charge is 0.251 e. The maximum atomic E-state index is 12.1. The van der Waals surface area contributed by atoms with Crippen molar-refractivity contribution in [3.8, 4) is 0 Å². The van der Waals surface area contributed by atoms with Gasteiger partial charge in [0.25, 0.3) is 5.91 Å². The minimum Gasteiger partial charge on any atom is -0.376 e. The van der Waals surface area contributed by atoms with E-state index >= 15 is 0 Å². The molecule has 2 aromatic carbocycles. The summed E-state index contributed by atoms with van der Waals surface area (Å²) in [6.07, 6.45) is 0. The fourth-order valence-electron chi connectivity index (χ4n) is 2.18. The van der Waals surface area contributed by atoms with Gasteiger partial charge < -0.3 is 16.0 Å². The van der Waals surface area contributed by atoms with Gasteiger partial charge in [0, 0.05) is 22.5 Å². The Kier molecular flexibility index (Phi) is 5.80. The first-order valence-electron chi connectivity index (χ1n) is 8.26. The molecule has 0 atom stereocenters. The van der Waals surface area contributed by atoms with Crippen molar-refractivity contribution < 1.29 is 9.59 Å². The van der Waals surface area contributed by atoms with E-state index in [1.807, 2.05) is 52.0 Å². The fraction of sp³-hybridized carbons (Fsp3) is 0.300. The Morgan fingerprint density at radius 1 is 0.880 bits per heavy atom. The molecule has 0 spiro atoms. The molecule has 5 nitrogen and oxygen atoms in total. The van der Waals surface area contributed by atoms with Gasteiger partial charge in [-0.25, -0.2) is 0 Å². The monoisotopic (exact) mass is 339 g/mol. The van der Waals surface area contributed by atoms with E-state index in [0.29, 0.717) is 11.3 Å². The number of hydrogen-bond donors (Lipinski definition) is 3. The van der Waals surface area contributed by atoms with Gasteiger partial charge in [-0.1, -0.05) is 17.7 Å². The normalized spacial score (nSPS) is 10.9. The van der Waals surface area contributed by atoms with Crippen LogP contribution in [0.25, 0.3) is 0 Å². The van der Waals surface area contributed by atoms with Crippen LogP contribution in [0.1, 0.15) is 36.7 Å². The molecule has 0 saturated carbocycles. The first kappa shape index (κ1) is 18.5. The second-order valence-corrected chi connectivity index (χ2v) is 7.05. The number of aryl methyl sites for hydroxylation is 1. The SMILES string of the molecule is Cc1ccc(NCC(=O)Nc2ccc(C(=O)NC(C)(C)C)cc2)cc1. The lowest BCUT2D eigenvalue weighted by Gasteiger charge is -2.20.